The number of hydrogen-bond acceptors (Lipinski definition) is 2. The van der Waals surface area contributed by atoms with E-state index in [1.807, 2.05) is 12.1 Å². The molecule has 3 heteroatoms. The van der Waals surface area contributed by atoms with E-state index in [1.54, 1.807) is 13.2 Å². The van der Waals surface area contributed by atoms with Crippen molar-refractivity contribution in [2.24, 2.45) is 5.92 Å². The SMILES string of the molecule is COc1ccc2c(c1)CC(/C=C/C(=O)O)C2. The Kier molecular flexibility index (Phi) is 2.95. The third-order valence-electron chi connectivity index (χ3n) is 2.89. The molecule has 2 rings (SSSR count). The molecule has 1 N–H and O–H groups in total. The molecule has 1 aromatic rings. The van der Waals surface area contributed by atoms with Gasteiger partial charge in [0.25, 0.3) is 0 Å². The highest BCUT2D eigenvalue weighted by atomic mass is 16.5. The first kappa shape index (κ1) is 10.7. The zero-order valence-electron chi connectivity index (χ0n) is 9.14. The fraction of sp³-hybridized carbons (Fsp3) is 0.308. The molecule has 3 nitrogen and oxygen atoms in total. The lowest BCUT2D eigenvalue weighted by molar-refractivity contribution is -0.131. The molecule has 0 bridgehead atoms. The van der Waals surface area contributed by atoms with Crippen LogP contribution in [0.3, 0.4) is 0 Å². The van der Waals surface area contributed by atoms with Crippen molar-refractivity contribution in [3.63, 3.8) is 0 Å². The molecule has 0 heterocycles. The largest absolute Gasteiger partial charge is 0.497 e. The van der Waals surface area contributed by atoms with Gasteiger partial charge in [-0.1, -0.05) is 12.1 Å². The number of benzene rings is 1. The van der Waals surface area contributed by atoms with Crippen molar-refractivity contribution in [2.45, 2.75) is 12.8 Å². The molecule has 0 radical (unpaired) electrons. The second-order valence-corrected chi connectivity index (χ2v) is 4.00. The number of fused-ring (bicyclic) bond motifs is 1. The Morgan fingerprint density at radius 1 is 1.44 bits per heavy atom. The van der Waals surface area contributed by atoms with Gasteiger partial charge in [-0.15, -0.1) is 0 Å². The number of carboxylic acids is 1. The molecule has 16 heavy (non-hydrogen) atoms. The summed E-state index contributed by atoms with van der Waals surface area (Å²) in [4.78, 5) is 10.4. The summed E-state index contributed by atoms with van der Waals surface area (Å²) in [6.07, 6.45) is 4.82. The van der Waals surface area contributed by atoms with Gasteiger partial charge in [-0.05, 0) is 42.0 Å². The minimum absolute atomic E-state index is 0.304. The molecule has 1 unspecified atom stereocenters. The van der Waals surface area contributed by atoms with Crippen LogP contribution in [0.5, 0.6) is 5.75 Å². The van der Waals surface area contributed by atoms with E-state index in [-0.39, 0.29) is 0 Å². The average Bonchev–Trinajstić information content (AvgIpc) is 2.67. The molecule has 0 amide bonds. The molecule has 0 fully saturated rings. The molecule has 84 valence electrons. The van der Waals surface area contributed by atoms with Gasteiger partial charge in [0, 0.05) is 6.08 Å². The minimum Gasteiger partial charge on any atom is -0.497 e. The molecule has 0 aliphatic heterocycles. The second kappa shape index (κ2) is 4.39. The maximum absolute atomic E-state index is 10.4. The van der Waals surface area contributed by atoms with Crippen LogP contribution in [0.1, 0.15) is 11.1 Å². The molecule has 0 aromatic heterocycles. The first-order valence-corrected chi connectivity index (χ1v) is 5.26. The van der Waals surface area contributed by atoms with Gasteiger partial charge in [-0.3, -0.25) is 0 Å². The number of allylic oxidation sites excluding steroid dienone is 1. The van der Waals surface area contributed by atoms with Gasteiger partial charge in [0.15, 0.2) is 0 Å². The Balaban J connectivity index is 2.12. The van der Waals surface area contributed by atoms with E-state index in [9.17, 15) is 4.79 Å². The van der Waals surface area contributed by atoms with E-state index >= 15 is 0 Å². The summed E-state index contributed by atoms with van der Waals surface area (Å²) >= 11 is 0. The lowest BCUT2D eigenvalue weighted by Gasteiger charge is -2.02. The van der Waals surface area contributed by atoms with Crippen LogP contribution in [0.15, 0.2) is 30.4 Å². The number of aliphatic carboxylic acids is 1. The first-order valence-electron chi connectivity index (χ1n) is 5.26. The number of ether oxygens (including phenoxy) is 1. The Labute approximate surface area is 94.4 Å². The van der Waals surface area contributed by atoms with Crippen LogP contribution in [-0.2, 0) is 17.6 Å². The molecule has 1 aliphatic carbocycles. The topological polar surface area (TPSA) is 46.5 Å². The fourth-order valence-corrected chi connectivity index (χ4v) is 2.11. The van der Waals surface area contributed by atoms with Crippen LogP contribution in [0.2, 0.25) is 0 Å². The van der Waals surface area contributed by atoms with Gasteiger partial charge in [0.05, 0.1) is 7.11 Å². The third kappa shape index (κ3) is 2.24. The van der Waals surface area contributed by atoms with Crippen molar-refractivity contribution in [1.82, 2.24) is 0 Å². The number of carbonyl (C=O) groups is 1. The zero-order chi connectivity index (χ0) is 11.5. The fourth-order valence-electron chi connectivity index (χ4n) is 2.11. The van der Waals surface area contributed by atoms with Gasteiger partial charge >= 0.3 is 5.97 Å². The Morgan fingerprint density at radius 3 is 2.88 bits per heavy atom. The monoisotopic (exact) mass is 218 g/mol. The van der Waals surface area contributed by atoms with Gasteiger partial charge in [-0.2, -0.15) is 0 Å². The number of rotatable bonds is 3. The highest BCUT2D eigenvalue weighted by Crippen LogP contribution is 2.30. The molecular formula is C13H14O3. The first-order chi connectivity index (χ1) is 7.69. The Morgan fingerprint density at radius 2 is 2.19 bits per heavy atom. The van der Waals surface area contributed by atoms with Crippen molar-refractivity contribution in [2.75, 3.05) is 7.11 Å². The lowest BCUT2D eigenvalue weighted by Crippen LogP contribution is -1.96. The maximum atomic E-state index is 10.4. The molecule has 1 aromatic carbocycles. The summed E-state index contributed by atoms with van der Waals surface area (Å²) in [5.74, 6) is 0.286. The number of methoxy groups -OCH3 is 1. The predicted molar refractivity (Wildman–Crippen MR) is 60.7 cm³/mol. The lowest BCUT2D eigenvalue weighted by atomic mass is 10.1. The van der Waals surface area contributed by atoms with Gasteiger partial charge in [0.1, 0.15) is 5.75 Å². The van der Waals surface area contributed by atoms with Crippen molar-refractivity contribution < 1.29 is 14.6 Å². The smallest absolute Gasteiger partial charge is 0.327 e. The Hall–Kier alpha value is -1.77. The molecule has 0 saturated carbocycles. The van der Waals surface area contributed by atoms with E-state index in [4.69, 9.17) is 9.84 Å². The summed E-state index contributed by atoms with van der Waals surface area (Å²) < 4.78 is 5.16. The molecule has 1 aliphatic rings. The van der Waals surface area contributed by atoms with Gasteiger partial charge in [-0.25, -0.2) is 4.79 Å². The number of hydrogen-bond donors (Lipinski definition) is 1. The summed E-state index contributed by atoms with van der Waals surface area (Å²) in [7, 11) is 1.65. The van der Waals surface area contributed by atoms with Crippen LogP contribution >= 0.6 is 0 Å². The second-order valence-electron chi connectivity index (χ2n) is 4.00. The van der Waals surface area contributed by atoms with Crippen LogP contribution in [0.25, 0.3) is 0 Å². The molecule has 1 atom stereocenters. The molecular weight excluding hydrogens is 204 g/mol. The summed E-state index contributed by atoms with van der Waals surface area (Å²) in [6, 6.07) is 6.04. The van der Waals surface area contributed by atoms with E-state index in [1.165, 1.54) is 17.2 Å². The van der Waals surface area contributed by atoms with E-state index < -0.39 is 5.97 Å². The summed E-state index contributed by atoms with van der Waals surface area (Å²) in [6.45, 7) is 0. The van der Waals surface area contributed by atoms with Crippen LogP contribution < -0.4 is 4.74 Å². The van der Waals surface area contributed by atoms with Crippen molar-refractivity contribution in [1.29, 1.82) is 0 Å². The predicted octanol–water partition coefficient (Wildman–Crippen LogP) is 2.05. The molecule has 0 spiro atoms. The van der Waals surface area contributed by atoms with Crippen molar-refractivity contribution >= 4 is 5.97 Å². The minimum atomic E-state index is -0.881. The maximum Gasteiger partial charge on any atom is 0.327 e. The van der Waals surface area contributed by atoms with Gasteiger partial charge < -0.3 is 9.84 Å². The van der Waals surface area contributed by atoms with Crippen LogP contribution in [0, 0.1) is 5.92 Å². The highest BCUT2D eigenvalue weighted by Gasteiger charge is 2.19. The Bertz CT molecular complexity index is 435. The third-order valence-corrected chi connectivity index (χ3v) is 2.89. The normalized spacial score (nSPS) is 18.7. The van der Waals surface area contributed by atoms with Crippen molar-refractivity contribution in [3.05, 3.63) is 41.5 Å². The van der Waals surface area contributed by atoms with Crippen molar-refractivity contribution in [3.8, 4) is 5.75 Å². The quantitative estimate of drug-likeness (QED) is 0.790. The summed E-state index contributed by atoms with van der Waals surface area (Å²) in [5, 5.41) is 8.57. The zero-order valence-corrected chi connectivity index (χ0v) is 9.14. The van der Waals surface area contributed by atoms with Gasteiger partial charge in [0.2, 0.25) is 0 Å². The molecule has 0 saturated heterocycles. The van der Waals surface area contributed by atoms with Crippen LogP contribution in [0.4, 0.5) is 0 Å². The summed E-state index contributed by atoms with van der Waals surface area (Å²) in [5.41, 5.74) is 2.56. The van der Waals surface area contributed by atoms with Crippen LogP contribution in [-0.4, -0.2) is 18.2 Å². The van der Waals surface area contributed by atoms with E-state index in [2.05, 4.69) is 6.07 Å². The number of carboxylic acid groups (broad SMARTS) is 1. The average molecular weight is 218 g/mol. The van der Waals surface area contributed by atoms with E-state index in [0.29, 0.717) is 5.92 Å². The highest BCUT2D eigenvalue weighted by molar-refractivity contribution is 5.79. The standard InChI is InChI=1S/C13H14O3/c1-16-12-4-3-10-6-9(2-5-13(14)15)7-11(10)8-12/h2-5,8-9H,6-7H2,1H3,(H,14,15)/b5-2+. The van der Waals surface area contributed by atoms with E-state index in [0.717, 1.165) is 18.6 Å².